The number of aromatic nitrogens is 2. The molecule has 1 unspecified atom stereocenters. The normalized spacial score (nSPS) is 24.0. The van der Waals surface area contributed by atoms with Gasteiger partial charge in [0.25, 0.3) is 0 Å². The van der Waals surface area contributed by atoms with Crippen LogP contribution in [-0.4, -0.2) is 28.2 Å². The molecule has 5 heteroatoms. The highest BCUT2D eigenvalue weighted by Gasteiger charge is 2.40. The molecule has 1 N–H and O–H groups in total. The number of halogens is 1. The number of nitrogens with zero attached hydrogens (tertiary/aromatic N) is 2. The molecule has 0 bridgehead atoms. The summed E-state index contributed by atoms with van der Waals surface area (Å²) in [5.41, 5.74) is 1.10. The van der Waals surface area contributed by atoms with E-state index < -0.39 is 0 Å². The number of fused-ring (bicyclic) bond motifs is 1. The topological polar surface area (TPSA) is 47.0 Å². The van der Waals surface area contributed by atoms with E-state index in [-0.39, 0.29) is 5.60 Å². The monoisotopic (exact) mass is 361 g/mol. The van der Waals surface area contributed by atoms with Crippen molar-refractivity contribution in [3.8, 4) is 0 Å². The van der Waals surface area contributed by atoms with Gasteiger partial charge < -0.3 is 10.1 Å². The van der Waals surface area contributed by atoms with Crippen LogP contribution in [-0.2, 0) is 4.74 Å². The first-order chi connectivity index (χ1) is 10.7. The van der Waals surface area contributed by atoms with E-state index >= 15 is 0 Å². The highest BCUT2D eigenvalue weighted by atomic mass is 79.9. The predicted molar refractivity (Wildman–Crippen MR) is 91.0 cm³/mol. The van der Waals surface area contributed by atoms with Crippen molar-refractivity contribution in [3.63, 3.8) is 0 Å². The third-order valence-corrected chi connectivity index (χ3v) is 5.44. The van der Waals surface area contributed by atoms with Crippen LogP contribution in [0.2, 0.25) is 0 Å². The average molecular weight is 362 g/mol. The van der Waals surface area contributed by atoms with Gasteiger partial charge in [-0.15, -0.1) is 0 Å². The van der Waals surface area contributed by atoms with E-state index in [4.69, 9.17) is 4.74 Å². The summed E-state index contributed by atoms with van der Waals surface area (Å²) in [6.07, 6.45) is 8.80. The van der Waals surface area contributed by atoms with Gasteiger partial charge in [-0.05, 0) is 43.9 Å². The summed E-state index contributed by atoms with van der Waals surface area (Å²) >= 11 is 3.54. The summed E-state index contributed by atoms with van der Waals surface area (Å²) in [6.45, 7) is 0.852. The number of anilines is 1. The quantitative estimate of drug-likeness (QED) is 0.866. The van der Waals surface area contributed by atoms with Crippen molar-refractivity contribution in [1.29, 1.82) is 0 Å². The second-order valence-corrected chi connectivity index (χ2v) is 7.37. The Morgan fingerprint density at radius 1 is 1.23 bits per heavy atom. The smallest absolute Gasteiger partial charge is 0.137 e. The first-order valence-electron chi connectivity index (χ1n) is 8.05. The van der Waals surface area contributed by atoms with Crippen LogP contribution in [0.15, 0.2) is 29.0 Å². The van der Waals surface area contributed by atoms with Crippen LogP contribution < -0.4 is 5.32 Å². The number of benzene rings is 1. The van der Waals surface area contributed by atoms with Gasteiger partial charge in [-0.2, -0.15) is 0 Å². The molecule has 2 aliphatic rings. The summed E-state index contributed by atoms with van der Waals surface area (Å²) in [5, 5.41) is 4.72. The third kappa shape index (κ3) is 2.72. The molecule has 116 valence electrons. The van der Waals surface area contributed by atoms with E-state index in [0.717, 1.165) is 40.6 Å². The molecule has 0 amide bonds. The highest BCUT2D eigenvalue weighted by molar-refractivity contribution is 9.10. The van der Waals surface area contributed by atoms with Gasteiger partial charge in [0.1, 0.15) is 12.1 Å². The van der Waals surface area contributed by atoms with E-state index in [9.17, 15) is 0 Å². The van der Waals surface area contributed by atoms with Gasteiger partial charge >= 0.3 is 0 Å². The van der Waals surface area contributed by atoms with Crippen molar-refractivity contribution in [3.05, 3.63) is 29.0 Å². The van der Waals surface area contributed by atoms with Crippen molar-refractivity contribution >= 4 is 32.7 Å². The van der Waals surface area contributed by atoms with Gasteiger partial charge in [-0.25, -0.2) is 9.97 Å². The average Bonchev–Trinajstić information content (AvgIpc) is 2.96. The fraction of sp³-hybridized carbons (Fsp3) is 0.529. The molecule has 2 fully saturated rings. The van der Waals surface area contributed by atoms with E-state index in [1.54, 1.807) is 6.33 Å². The SMILES string of the molecule is Brc1ccc2ncnc(NC3CCOC4(CCCC4)C3)c2c1. The van der Waals surface area contributed by atoms with Crippen LogP contribution in [0.4, 0.5) is 5.82 Å². The van der Waals surface area contributed by atoms with Gasteiger partial charge in [0.15, 0.2) is 0 Å². The second-order valence-electron chi connectivity index (χ2n) is 6.46. The molecule has 22 heavy (non-hydrogen) atoms. The van der Waals surface area contributed by atoms with Crippen LogP contribution in [0, 0.1) is 0 Å². The fourth-order valence-corrected chi connectivity index (χ4v) is 4.22. The van der Waals surface area contributed by atoms with Gasteiger partial charge in [-0.3, -0.25) is 0 Å². The summed E-state index contributed by atoms with van der Waals surface area (Å²) < 4.78 is 7.17. The summed E-state index contributed by atoms with van der Waals surface area (Å²) in [4.78, 5) is 8.82. The minimum Gasteiger partial charge on any atom is -0.375 e. The molecule has 4 nitrogen and oxygen atoms in total. The number of rotatable bonds is 2. The maximum absolute atomic E-state index is 6.12. The molecule has 1 aromatic carbocycles. The Morgan fingerprint density at radius 2 is 2.09 bits per heavy atom. The molecule has 2 aromatic rings. The number of ether oxygens (including phenoxy) is 1. The van der Waals surface area contributed by atoms with Gasteiger partial charge in [0.05, 0.1) is 11.1 Å². The molecule has 1 saturated carbocycles. The largest absolute Gasteiger partial charge is 0.375 e. The lowest BCUT2D eigenvalue weighted by Gasteiger charge is -2.38. The lowest BCUT2D eigenvalue weighted by molar-refractivity contribution is -0.0767. The number of hydrogen-bond acceptors (Lipinski definition) is 4. The number of hydrogen-bond donors (Lipinski definition) is 1. The minimum atomic E-state index is 0.124. The summed E-state index contributed by atoms with van der Waals surface area (Å²) in [7, 11) is 0. The predicted octanol–water partition coefficient (Wildman–Crippen LogP) is 4.30. The number of nitrogens with one attached hydrogen (secondary N) is 1. The molecular weight excluding hydrogens is 342 g/mol. The van der Waals surface area contributed by atoms with Crippen molar-refractivity contribution in [2.45, 2.75) is 50.2 Å². The molecule has 1 atom stereocenters. The third-order valence-electron chi connectivity index (χ3n) is 4.95. The Labute approximate surface area is 138 Å². The zero-order chi connectivity index (χ0) is 15.0. The van der Waals surface area contributed by atoms with Crippen LogP contribution in [0.5, 0.6) is 0 Å². The van der Waals surface area contributed by atoms with Crippen LogP contribution in [0.25, 0.3) is 10.9 Å². The molecular formula is C17H20BrN3O. The summed E-state index contributed by atoms with van der Waals surface area (Å²) in [5.74, 6) is 0.936. The van der Waals surface area contributed by atoms with Gasteiger partial charge in [0.2, 0.25) is 0 Å². The second kappa shape index (κ2) is 5.78. The van der Waals surface area contributed by atoms with Crippen molar-refractivity contribution in [1.82, 2.24) is 9.97 Å². The molecule has 1 saturated heterocycles. The molecule has 1 spiro atoms. The maximum Gasteiger partial charge on any atom is 0.137 e. The lowest BCUT2D eigenvalue weighted by Crippen LogP contribution is -2.42. The van der Waals surface area contributed by atoms with Crippen LogP contribution in [0.1, 0.15) is 38.5 Å². The van der Waals surface area contributed by atoms with E-state index in [1.807, 2.05) is 12.1 Å². The van der Waals surface area contributed by atoms with Crippen molar-refractivity contribution < 1.29 is 4.74 Å². The van der Waals surface area contributed by atoms with Crippen molar-refractivity contribution in [2.75, 3.05) is 11.9 Å². The van der Waals surface area contributed by atoms with E-state index in [1.165, 1.54) is 25.7 Å². The van der Waals surface area contributed by atoms with Crippen LogP contribution >= 0.6 is 15.9 Å². The molecule has 2 heterocycles. The first kappa shape index (κ1) is 14.4. The van der Waals surface area contributed by atoms with E-state index in [2.05, 4.69) is 37.3 Å². The molecule has 1 aromatic heterocycles. The Hall–Kier alpha value is -1.20. The maximum atomic E-state index is 6.12. The van der Waals surface area contributed by atoms with Crippen molar-refractivity contribution in [2.24, 2.45) is 0 Å². The molecule has 1 aliphatic heterocycles. The lowest BCUT2D eigenvalue weighted by atomic mass is 9.89. The van der Waals surface area contributed by atoms with Gasteiger partial charge in [0, 0.05) is 22.5 Å². The standard InChI is InChI=1S/C17H20BrN3O/c18-12-3-4-15-14(9-12)16(20-11-19-15)21-13-5-8-22-17(10-13)6-1-2-7-17/h3-4,9,11,13H,1-2,5-8,10H2,(H,19,20,21). The molecule has 4 rings (SSSR count). The van der Waals surface area contributed by atoms with Gasteiger partial charge in [-0.1, -0.05) is 28.8 Å². The molecule has 0 radical (unpaired) electrons. The zero-order valence-corrected chi connectivity index (χ0v) is 14.1. The first-order valence-corrected chi connectivity index (χ1v) is 8.84. The Kier molecular flexibility index (Phi) is 3.78. The Balaban J connectivity index is 1.59. The zero-order valence-electron chi connectivity index (χ0n) is 12.5. The Bertz CT molecular complexity index is 685. The fourth-order valence-electron chi connectivity index (χ4n) is 3.86. The van der Waals surface area contributed by atoms with E-state index in [0.29, 0.717) is 6.04 Å². The minimum absolute atomic E-state index is 0.124. The summed E-state index contributed by atoms with van der Waals surface area (Å²) in [6, 6.07) is 6.56. The van der Waals surface area contributed by atoms with Crippen LogP contribution in [0.3, 0.4) is 0 Å². The highest BCUT2D eigenvalue weighted by Crippen LogP contribution is 2.40. The Morgan fingerprint density at radius 3 is 2.95 bits per heavy atom. The molecule has 1 aliphatic carbocycles.